The molecule has 4 rings (SSSR count). The summed E-state index contributed by atoms with van der Waals surface area (Å²) in [6, 6.07) is 11.7. The lowest BCUT2D eigenvalue weighted by Gasteiger charge is -2.17. The quantitative estimate of drug-likeness (QED) is 0.380. The van der Waals surface area contributed by atoms with Crippen LogP contribution < -0.4 is 0 Å². The summed E-state index contributed by atoms with van der Waals surface area (Å²) in [5.74, 6) is -2.04. The monoisotopic (exact) mass is 386 g/mol. The summed E-state index contributed by atoms with van der Waals surface area (Å²) < 4.78 is 70.7. The summed E-state index contributed by atoms with van der Waals surface area (Å²) >= 11 is 0. The molecule has 2 heterocycles. The Hall–Kier alpha value is -3.35. The SMILES string of the molecule is Fc1ccc(-c2c(C(F)(F)F)ccc3cccnc23)c(F)c1-c1ccccn1. The smallest absolute Gasteiger partial charge is 0.256 e. The second-order valence-corrected chi connectivity index (χ2v) is 6.06. The van der Waals surface area contributed by atoms with Gasteiger partial charge in [0.25, 0.3) is 0 Å². The summed E-state index contributed by atoms with van der Waals surface area (Å²) in [5.41, 5.74) is -2.38. The predicted molar refractivity (Wildman–Crippen MR) is 95.3 cm³/mol. The molecule has 0 spiro atoms. The molecule has 0 N–H and O–H groups in total. The van der Waals surface area contributed by atoms with Gasteiger partial charge in [0.15, 0.2) is 0 Å². The van der Waals surface area contributed by atoms with E-state index in [-0.39, 0.29) is 11.2 Å². The van der Waals surface area contributed by atoms with Crippen molar-refractivity contribution in [3.8, 4) is 22.4 Å². The zero-order valence-electron chi connectivity index (χ0n) is 14.1. The number of aromatic nitrogens is 2. The van der Waals surface area contributed by atoms with Gasteiger partial charge >= 0.3 is 6.18 Å². The van der Waals surface area contributed by atoms with E-state index < -0.39 is 40.1 Å². The molecule has 2 aromatic heterocycles. The van der Waals surface area contributed by atoms with E-state index in [0.29, 0.717) is 5.39 Å². The summed E-state index contributed by atoms with van der Waals surface area (Å²) in [5, 5.41) is 0.411. The Kier molecular flexibility index (Phi) is 4.30. The topological polar surface area (TPSA) is 25.8 Å². The molecular formula is C21H11F5N2. The van der Waals surface area contributed by atoms with Crippen LogP contribution in [0.4, 0.5) is 22.0 Å². The van der Waals surface area contributed by atoms with Gasteiger partial charge in [-0.05, 0) is 36.4 Å². The lowest BCUT2D eigenvalue weighted by Crippen LogP contribution is -2.09. The fraction of sp³-hybridized carbons (Fsp3) is 0.0476. The van der Waals surface area contributed by atoms with Crippen LogP contribution in [-0.4, -0.2) is 9.97 Å². The molecule has 28 heavy (non-hydrogen) atoms. The van der Waals surface area contributed by atoms with E-state index in [9.17, 15) is 17.6 Å². The first-order chi connectivity index (χ1) is 13.4. The molecule has 2 aromatic carbocycles. The van der Waals surface area contributed by atoms with Gasteiger partial charge in [-0.1, -0.05) is 18.2 Å². The largest absolute Gasteiger partial charge is 0.417 e. The zero-order chi connectivity index (χ0) is 19.9. The van der Waals surface area contributed by atoms with Crippen molar-refractivity contribution >= 4 is 10.9 Å². The number of fused-ring (bicyclic) bond motifs is 1. The van der Waals surface area contributed by atoms with Gasteiger partial charge in [0.2, 0.25) is 0 Å². The van der Waals surface area contributed by atoms with E-state index in [2.05, 4.69) is 9.97 Å². The van der Waals surface area contributed by atoms with Crippen molar-refractivity contribution < 1.29 is 22.0 Å². The first-order valence-electron chi connectivity index (χ1n) is 8.22. The highest BCUT2D eigenvalue weighted by molar-refractivity contribution is 5.96. The maximum Gasteiger partial charge on any atom is 0.417 e. The molecular weight excluding hydrogens is 375 g/mol. The third-order valence-electron chi connectivity index (χ3n) is 4.36. The first kappa shape index (κ1) is 18.0. The van der Waals surface area contributed by atoms with Gasteiger partial charge in [0.05, 0.1) is 22.3 Å². The number of rotatable bonds is 2. The van der Waals surface area contributed by atoms with Crippen LogP contribution in [0, 0.1) is 11.6 Å². The molecule has 0 saturated carbocycles. The van der Waals surface area contributed by atoms with Crippen LogP contribution in [-0.2, 0) is 6.18 Å². The van der Waals surface area contributed by atoms with Crippen molar-refractivity contribution in [1.82, 2.24) is 9.97 Å². The molecule has 140 valence electrons. The number of pyridine rings is 2. The lowest BCUT2D eigenvalue weighted by molar-refractivity contribution is -0.137. The average molecular weight is 386 g/mol. The van der Waals surface area contributed by atoms with Gasteiger partial charge < -0.3 is 0 Å². The second-order valence-electron chi connectivity index (χ2n) is 6.06. The highest BCUT2D eigenvalue weighted by atomic mass is 19.4. The number of hydrogen-bond donors (Lipinski definition) is 0. The maximum absolute atomic E-state index is 15.3. The Morgan fingerprint density at radius 1 is 0.714 bits per heavy atom. The number of halogens is 5. The van der Waals surface area contributed by atoms with Crippen LogP contribution in [0.5, 0.6) is 0 Å². The number of nitrogens with zero attached hydrogens (tertiary/aromatic N) is 2. The Bertz CT molecular complexity index is 1170. The standard InChI is InChI=1S/C21H11F5N2/c22-15-9-7-13(19(23)18(15)16-5-1-2-10-27-16)17-14(21(24,25)26)8-6-12-4-3-11-28-20(12)17/h1-11H. The minimum absolute atomic E-state index is 0.0129. The molecule has 0 aliphatic rings. The molecule has 0 saturated heterocycles. The van der Waals surface area contributed by atoms with Crippen LogP contribution in [0.2, 0.25) is 0 Å². The molecule has 4 aromatic rings. The fourth-order valence-electron chi connectivity index (χ4n) is 3.15. The van der Waals surface area contributed by atoms with Crippen LogP contribution in [0.15, 0.2) is 67.0 Å². The van der Waals surface area contributed by atoms with Crippen molar-refractivity contribution in [3.05, 3.63) is 84.2 Å². The van der Waals surface area contributed by atoms with Gasteiger partial charge in [0, 0.05) is 28.9 Å². The summed E-state index contributed by atoms with van der Waals surface area (Å²) in [6.45, 7) is 0. The molecule has 0 unspecified atom stereocenters. The summed E-state index contributed by atoms with van der Waals surface area (Å²) in [6.07, 6.45) is -2.07. The molecule has 7 heteroatoms. The molecule has 0 aliphatic carbocycles. The third kappa shape index (κ3) is 2.98. The molecule has 0 amide bonds. The van der Waals surface area contributed by atoms with E-state index in [0.717, 1.165) is 18.2 Å². The Balaban J connectivity index is 2.09. The maximum atomic E-state index is 15.3. The average Bonchev–Trinajstić information content (AvgIpc) is 2.68. The summed E-state index contributed by atoms with van der Waals surface area (Å²) in [4.78, 5) is 7.94. The van der Waals surface area contributed by atoms with E-state index in [4.69, 9.17) is 0 Å². The van der Waals surface area contributed by atoms with Crippen LogP contribution >= 0.6 is 0 Å². The molecule has 0 atom stereocenters. The fourth-order valence-corrected chi connectivity index (χ4v) is 3.15. The number of benzene rings is 2. The van der Waals surface area contributed by atoms with Crippen molar-refractivity contribution in [1.29, 1.82) is 0 Å². The third-order valence-corrected chi connectivity index (χ3v) is 4.36. The normalized spacial score (nSPS) is 11.8. The molecule has 0 fully saturated rings. The van der Waals surface area contributed by atoms with Gasteiger partial charge in [-0.3, -0.25) is 9.97 Å². The van der Waals surface area contributed by atoms with Gasteiger partial charge in [-0.2, -0.15) is 13.2 Å². The highest BCUT2D eigenvalue weighted by Gasteiger charge is 2.36. The Morgan fingerprint density at radius 3 is 2.21 bits per heavy atom. The van der Waals surface area contributed by atoms with Crippen molar-refractivity contribution in [3.63, 3.8) is 0 Å². The van der Waals surface area contributed by atoms with E-state index >= 15 is 4.39 Å². The first-order valence-corrected chi connectivity index (χ1v) is 8.22. The van der Waals surface area contributed by atoms with Gasteiger partial charge in [-0.15, -0.1) is 0 Å². The second kappa shape index (κ2) is 6.67. The molecule has 0 aliphatic heterocycles. The van der Waals surface area contributed by atoms with Crippen molar-refractivity contribution in [2.45, 2.75) is 6.18 Å². The summed E-state index contributed by atoms with van der Waals surface area (Å²) in [7, 11) is 0. The zero-order valence-corrected chi connectivity index (χ0v) is 14.1. The highest BCUT2D eigenvalue weighted by Crippen LogP contribution is 2.43. The van der Waals surface area contributed by atoms with E-state index in [1.807, 2.05) is 0 Å². The minimum Gasteiger partial charge on any atom is -0.256 e. The lowest BCUT2D eigenvalue weighted by atomic mass is 9.93. The molecule has 0 bridgehead atoms. The number of hydrogen-bond acceptors (Lipinski definition) is 2. The molecule has 2 nitrogen and oxygen atoms in total. The van der Waals surface area contributed by atoms with Crippen molar-refractivity contribution in [2.75, 3.05) is 0 Å². The van der Waals surface area contributed by atoms with Gasteiger partial charge in [0.1, 0.15) is 11.6 Å². The van der Waals surface area contributed by atoms with Crippen LogP contribution in [0.25, 0.3) is 33.3 Å². The van der Waals surface area contributed by atoms with Gasteiger partial charge in [-0.25, -0.2) is 8.78 Å². The van der Waals surface area contributed by atoms with E-state index in [1.54, 1.807) is 18.2 Å². The minimum atomic E-state index is -4.74. The number of alkyl halides is 3. The Morgan fingerprint density at radius 2 is 1.50 bits per heavy atom. The van der Waals surface area contributed by atoms with E-state index in [1.165, 1.54) is 30.6 Å². The predicted octanol–water partition coefficient (Wildman–Crippen LogP) is 6.26. The van der Waals surface area contributed by atoms with Crippen LogP contribution in [0.1, 0.15) is 5.56 Å². The molecule has 0 radical (unpaired) electrons. The Labute approximate surface area is 156 Å². The van der Waals surface area contributed by atoms with Crippen molar-refractivity contribution in [2.24, 2.45) is 0 Å². The van der Waals surface area contributed by atoms with Crippen LogP contribution in [0.3, 0.4) is 0 Å².